The highest BCUT2D eigenvalue weighted by atomic mass is 15.0. The van der Waals surface area contributed by atoms with Gasteiger partial charge in [0, 0.05) is 31.2 Å². The standard InChI is InChI=1S/C18H25N3/c1-2-4-7-16(6-3-1)13-20-18-9-5-8-17(12-18)14-21-11-10-19-15-21/h5,8-12,15-16,20H,1-4,6-7,13-14H2. The molecule has 0 spiro atoms. The zero-order valence-electron chi connectivity index (χ0n) is 12.7. The number of benzene rings is 1. The number of nitrogens with zero attached hydrogens (tertiary/aromatic N) is 2. The van der Waals surface area contributed by atoms with Gasteiger partial charge in [-0.2, -0.15) is 0 Å². The van der Waals surface area contributed by atoms with E-state index in [9.17, 15) is 0 Å². The molecular formula is C18H25N3. The van der Waals surface area contributed by atoms with Gasteiger partial charge in [0.25, 0.3) is 0 Å². The molecule has 1 aliphatic carbocycles. The molecule has 0 aliphatic heterocycles. The molecule has 21 heavy (non-hydrogen) atoms. The van der Waals surface area contributed by atoms with Crippen molar-refractivity contribution < 1.29 is 0 Å². The molecule has 0 amide bonds. The third-order valence-corrected chi connectivity index (χ3v) is 4.42. The van der Waals surface area contributed by atoms with Crippen LogP contribution in [0, 0.1) is 5.92 Å². The Morgan fingerprint density at radius 1 is 1.14 bits per heavy atom. The molecule has 112 valence electrons. The average molecular weight is 283 g/mol. The van der Waals surface area contributed by atoms with Crippen molar-refractivity contribution in [3.05, 3.63) is 48.5 Å². The number of hydrogen-bond donors (Lipinski definition) is 1. The van der Waals surface area contributed by atoms with Crippen LogP contribution in [0.15, 0.2) is 43.0 Å². The van der Waals surface area contributed by atoms with E-state index < -0.39 is 0 Å². The molecule has 3 heteroatoms. The Kier molecular flexibility index (Phi) is 4.93. The van der Waals surface area contributed by atoms with Gasteiger partial charge in [-0.1, -0.05) is 37.8 Å². The van der Waals surface area contributed by atoms with Crippen LogP contribution in [-0.4, -0.2) is 16.1 Å². The normalized spacial score (nSPS) is 16.6. The zero-order chi connectivity index (χ0) is 14.3. The summed E-state index contributed by atoms with van der Waals surface area (Å²) in [7, 11) is 0. The van der Waals surface area contributed by atoms with Crippen molar-refractivity contribution in [2.75, 3.05) is 11.9 Å². The van der Waals surface area contributed by atoms with E-state index in [0.29, 0.717) is 0 Å². The van der Waals surface area contributed by atoms with E-state index in [1.807, 2.05) is 18.7 Å². The van der Waals surface area contributed by atoms with E-state index in [1.54, 1.807) is 0 Å². The topological polar surface area (TPSA) is 29.9 Å². The van der Waals surface area contributed by atoms with E-state index >= 15 is 0 Å². The maximum absolute atomic E-state index is 4.09. The highest BCUT2D eigenvalue weighted by Crippen LogP contribution is 2.23. The minimum Gasteiger partial charge on any atom is -0.385 e. The molecule has 1 fully saturated rings. The second kappa shape index (κ2) is 7.30. The van der Waals surface area contributed by atoms with Crippen molar-refractivity contribution >= 4 is 5.69 Å². The van der Waals surface area contributed by atoms with Gasteiger partial charge in [-0.05, 0) is 36.5 Å². The summed E-state index contributed by atoms with van der Waals surface area (Å²) in [6.45, 7) is 2.01. The largest absolute Gasteiger partial charge is 0.385 e. The summed E-state index contributed by atoms with van der Waals surface area (Å²) >= 11 is 0. The summed E-state index contributed by atoms with van der Waals surface area (Å²) in [5, 5.41) is 3.64. The highest BCUT2D eigenvalue weighted by Gasteiger charge is 2.11. The third-order valence-electron chi connectivity index (χ3n) is 4.42. The van der Waals surface area contributed by atoms with Crippen LogP contribution >= 0.6 is 0 Å². The Morgan fingerprint density at radius 3 is 2.76 bits per heavy atom. The van der Waals surface area contributed by atoms with Crippen LogP contribution in [0.5, 0.6) is 0 Å². The fourth-order valence-corrected chi connectivity index (χ4v) is 3.20. The Bertz CT molecular complexity index is 525. The Labute approximate surface area is 127 Å². The summed E-state index contributed by atoms with van der Waals surface area (Å²) < 4.78 is 2.10. The van der Waals surface area contributed by atoms with E-state index in [-0.39, 0.29) is 0 Å². The highest BCUT2D eigenvalue weighted by molar-refractivity contribution is 5.45. The molecule has 2 aromatic rings. The van der Waals surface area contributed by atoms with Crippen molar-refractivity contribution in [2.45, 2.75) is 45.1 Å². The van der Waals surface area contributed by atoms with Gasteiger partial charge in [-0.3, -0.25) is 0 Å². The van der Waals surface area contributed by atoms with Gasteiger partial charge in [-0.15, -0.1) is 0 Å². The first-order chi connectivity index (χ1) is 10.4. The lowest BCUT2D eigenvalue weighted by atomic mass is 10.0. The van der Waals surface area contributed by atoms with Crippen molar-refractivity contribution in [3.63, 3.8) is 0 Å². The lowest BCUT2D eigenvalue weighted by molar-refractivity contribution is 0.483. The van der Waals surface area contributed by atoms with Gasteiger partial charge in [-0.25, -0.2) is 4.98 Å². The predicted octanol–water partition coefficient (Wildman–Crippen LogP) is 4.31. The lowest BCUT2D eigenvalue weighted by Crippen LogP contribution is -2.13. The van der Waals surface area contributed by atoms with Gasteiger partial charge < -0.3 is 9.88 Å². The van der Waals surface area contributed by atoms with Crippen LogP contribution in [0.1, 0.15) is 44.1 Å². The van der Waals surface area contributed by atoms with Crippen molar-refractivity contribution in [1.29, 1.82) is 0 Å². The predicted molar refractivity (Wildman–Crippen MR) is 87.5 cm³/mol. The van der Waals surface area contributed by atoms with Crippen LogP contribution in [0.2, 0.25) is 0 Å². The maximum atomic E-state index is 4.09. The first-order valence-electron chi connectivity index (χ1n) is 8.19. The van der Waals surface area contributed by atoms with Crippen LogP contribution in [0.3, 0.4) is 0 Å². The first-order valence-corrected chi connectivity index (χ1v) is 8.19. The Hall–Kier alpha value is -1.77. The molecule has 0 saturated heterocycles. The lowest BCUT2D eigenvalue weighted by Gasteiger charge is -2.16. The summed E-state index contributed by atoms with van der Waals surface area (Å²) in [5.74, 6) is 0.852. The molecule has 0 radical (unpaired) electrons. The molecule has 1 aromatic heterocycles. The van der Waals surface area contributed by atoms with E-state index in [1.165, 1.54) is 49.8 Å². The van der Waals surface area contributed by atoms with Crippen molar-refractivity contribution in [3.8, 4) is 0 Å². The molecule has 0 unspecified atom stereocenters. The van der Waals surface area contributed by atoms with Gasteiger partial charge in [0.05, 0.1) is 6.33 Å². The number of nitrogens with one attached hydrogen (secondary N) is 1. The molecule has 1 aliphatic rings. The molecule has 1 saturated carbocycles. The number of rotatable bonds is 5. The monoisotopic (exact) mass is 283 g/mol. The zero-order valence-corrected chi connectivity index (χ0v) is 12.7. The molecule has 0 atom stereocenters. The van der Waals surface area contributed by atoms with Crippen LogP contribution < -0.4 is 5.32 Å². The van der Waals surface area contributed by atoms with Crippen LogP contribution in [0.4, 0.5) is 5.69 Å². The van der Waals surface area contributed by atoms with Gasteiger partial charge >= 0.3 is 0 Å². The molecule has 1 aromatic carbocycles. The Morgan fingerprint density at radius 2 is 2.00 bits per heavy atom. The Balaban J connectivity index is 1.55. The number of imidazole rings is 1. The molecule has 3 rings (SSSR count). The molecule has 0 bridgehead atoms. The first kappa shape index (κ1) is 14.2. The quantitative estimate of drug-likeness (QED) is 0.828. The summed E-state index contributed by atoms with van der Waals surface area (Å²) in [6.07, 6.45) is 14.2. The smallest absolute Gasteiger partial charge is 0.0949 e. The number of aromatic nitrogens is 2. The SMILES string of the molecule is c1cc(Cn2ccnc2)cc(NCC2CCCCCC2)c1. The summed E-state index contributed by atoms with van der Waals surface area (Å²) in [5.41, 5.74) is 2.57. The number of anilines is 1. The number of hydrogen-bond acceptors (Lipinski definition) is 2. The van der Waals surface area contributed by atoms with Crippen LogP contribution in [0.25, 0.3) is 0 Å². The fraction of sp³-hybridized carbons (Fsp3) is 0.500. The van der Waals surface area contributed by atoms with Crippen molar-refractivity contribution in [1.82, 2.24) is 9.55 Å². The molecular weight excluding hydrogens is 258 g/mol. The minimum atomic E-state index is 0.852. The molecule has 1 N–H and O–H groups in total. The summed E-state index contributed by atoms with van der Waals surface area (Å²) in [4.78, 5) is 4.09. The second-order valence-corrected chi connectivity index (χ2v) is 6.17. The second-order valence-electron chi connectivity index (χ2n) is 6.17. The van der Waals surface area contributed by atoms with E-state index in [4.69, 9.17) is 0 Å². The molecule has 1 heterocycles. The van der Waals surface area contributed by atoms with E-state index in [2.05, 4.69) is 39.1 Å². The molecule has 3 nitrogen and oxygen atoms in total. The van der Waals surface area contributed by atoms with Gasteiger partial charge in [0.1, 0.15) is 0 Å². The van der Waals surface area contributed by atoms with Crippen LogP contribution in [-0.2, 0) is 6.54 Å². The summed E-state index contributed by atoms with van der Waals surface area (Å²) in [6, 6.07) is 8.75. The minimum absolute atomic E-state index is 0.852. The van der Waals surface area contributed by atoms with E-state index in [0.717, 1.165) is 19.0 Å². The fourth-order valence-electron chi connectivity index (χ4n) is 3.20. The average Bonchev–Trinajstić information content (AvgIpc) is 2.87. The van der Waals surface area contributed by atoms with Gasteiger partial charge in [0.2, 0.25) is 0 Å². The van der Waals surface area contributed by atoms with Crippen molar-refractivity contribution in [2.24, 2.45) is 5.92 Å². The maximum Gasteiger partial charge on any atom is 0.0949 e. The third kappa shape index (κ3) is 4.35. The van der Waals surface area contributed by atoms with Gasteiger partial charge in [0.15, 0.2) is 0 Å².